The molecule has 162 valence electrons. The molecule has 0 aliphatic carbocycles. The minimum Gasteiger partial charge on any atom is -0.480 e. The predicted molar refractivity (Wildman–Crippen MR) is 88.3 cm³/mol. The Morgan fingerprint density at radius 3 is 0.714 bits per heavy atom. The van der Waals surface area contributed by atoms with Gasteiger partial charge in [0.25, 0.3) is 0 Å². The average Bonchev–Trinajstić information content (AvgIpc) is 2.46. The molecule has 15 nitrogen and oxygen atoms in total. The van der Waals surface area contributed by atoms with Crippen LogP contribution in [0.15, 0.2) is 0 Å². The Morgan fingerprint density at radius 1 is 0.536 bits per heavy atom. The molecule has 0 saturated carbocycles. The molecule has 0 aromatic heterocycles. The topological polar surface area (TPSA) is 319 Å². The SMILES string of the molecule is NC(=O)CC(N)C(=O)O.NC(=O)CC(N)C(=O)O.NC(=O)CC(N)C(=O)O.[Co+3]. The maximum atomic E-state index is 9.99. The van der Waals surface area contributed by atoms with Crippen molar-refractivity contribution >= 4 is 35.6 Å². The van der Waals surface area contributed by atoms with Gasteiger partial charge in [0.15, 0.2) is 0 Å². The summed E-state index contributed by atoms with van der Waals surface area (Å²) in [5, 5.41) is 24.3. The number of hydrogen-bond acceptors (Lipinski definition) is 9. The third-order valence-electron chi connectivity index (χ3n) is 2.21. The van der Waals surface area contributed by atoms with Gasteiger partial charge >= 0.3 is 34.7 Å². The van der Waals surface area contributed by atoms with Crippen molar-refractivity contribution in [2.75, 3.05) is 0 Å². The Morgan fingerprint density at radius 2 is 0.679 bits per heavy atom. The van der Waals surface area contributed by atoms with E-state index >= 15 is 0 Å². The molecule has 0 rings (SSSR count). The van der Waals surface area contributed by atoms with Crippen molar-refractivity contribution in [3.05, 3.63) is 0 Å². The van der Waals surface area contributed by atoms with Gasteiger partial charge < -0.3 is 49.7 Å². The Bertz CT molecular complexity index is 484. The summed E-state index contributed by atoms with van der Waals surface area (Å²) in [5.41, 5.74) is 28.7. The monoisotopic (exact) mass is 455 g/mol. The van der Waals surface area contributed by atoms with Gasteiger partial charge in [-0.15, -0.1) is 0 Å². The standard InChI is InChI=1S/3C4H8N2O3.Co/c3*5-2(4(8)9)1-3(6)7;/h3*2H,1,5H2,(H2,6,7)(H,8,9);/q;;;+3. The summed E-state index contributed by atoms with van der Waals surface area (Å²) in [7, 11) is 0. The zero-order chi connectivity index (χ0) is 22.3. The number of hydrogen-bond donors (Lipinski definition) is 9. The summed E-state index contributed by atoms with van der Waals surface area (Å²) in [6, 6.07) is -3.49. The Labute approximate surface area is 168 Å². The van der Waals surface area contributed by atoms with Gasteiger partial charge in [-0.05, 0) is 0 Å². The zero-order valence-electron chi connectivity index (χ0n) is 14.4. The summed E-state index contributed by atoms with van der Waals surface area (Å²) in [5.74, 6) is -5.75. The predicted octanol–water partition coefficient (Wildman–Crippen LogP) is -5.18. The van der Waals surface area contributed by atoms with Gasteiger partial charge in [-0.3, -0.25) is 28.8 Å². The molecule has 28 heavy (non-hydrogen) atoms. The third-order valence-corrected chi connectivity index (χ3v) is 2.21. The second kappa shape index (κ2) is 17.6. The maximum absolute atomic E-state index is 9.99. The zero-order valence-corrected chi connectivity index (χ0v) is 15.5. The first kappa shape index (κ1) is 32.8. The second-order valence-corrected chi connectivity index (χ2v) is 4.85. The molecule has 0 aliphatic rings. The quantitative estimate of drug-likeness (QED) is 0.157. The van der Waals surface area contributed by atoms with Crippen molar-refractivity contribution in [2.24, 2.45) is 34.4 Å². The fourth-order valence-electron chi connectivity index (χ4n) is 0.912. The van der Waals surface area contributed by atoms with Crippen LogP contribution in [0.5, 0.6) is 0 Å². The number of rotatable bonds is 9. The number of amides is 3. The number of carboxylic acids is 3. The minimum atomic E-state index is -1.21. The fourth-order valence-corrected chi connectivity index (χ4v) is 0.912. The van der Waals surface area contributed by atoms with Gasteiger partial charge in [-0.1, -0.05) is 0 Å². The van der Waals surface area contributed by atoms with E-state index in [9.17, 15) is 28.8 Å². The first-order valence-corrected chi connectivity index (χ1v) is 6.91. The number of aliphatic carboxylic acids is 3. The molecular formula is C12H24CoN6O9+3. The van der Waals surface area contributed by atoms with Crippen LogP contribution in [0.25, 0.3) is 0 Å². The first-order valence-electron chi connectivity index (χ1n) is 6.91. The minimum absolute atomic E-state index is 0. The Kier molecular flexibility index (Phi) is 20.7. The molecule has 0 bridgehead atoms. The van der Waals surface area contributed by atoms with Gasteiger partial charge in [0.05, 0.1) is 19.3 Å². The number of primary amides is 3. The molecule has 0 radical (unpaired) electrons. The summed E-state index contributed by atoms with van der Waals surface area (Å²) in [6.07, 6.45) is -0.931. The largest absolute Gasteiger partial charge is 3.00 e. The van der Waals surface area contributed by atoms with Crippen LogP contribution >= 0.6 is 0 Å². The van der Waals surface area contributed by atoms with Crippen molar-refractivity contribution in [1.82, 2.24) is 0 Å². The smallest absolute Gasteiger partial charge is 0.480 e. The molecule has 0 fully saturated rings. The fraction of sp³-hybridized carbons (Fsp3) is 0.500. The summed E-state index contributed by atoms with van der Waals surface area (Å²) in [6.45, 7) is 0. The molecule has 0 aromatic rings. The number of nitrogens with two attached hydrogens (primary N) is 6. The van der Waals surface area contributed by atoms with E-state index in [1.54, 1.807) is 0 Å². The van der Waals surface area contributed by atoms with E-state index in [4.69, 9.17) is 32.5 Å². The van der Waals surface area contributed by atoms with Crippen molar-refractivity contribution in [3.8, 4) is 0 Å². The molecule has 15 N–H and O–H groups in total. The van der Waals surface area contributed by atoms with Crippen molar-refractivity contribution in [1.29, 1.82) is 0 Å². The van der Waals surface area contributed by atoms with Gasteiger partial charge in [0.1, 0.15) is 18.1 Å². The van der Waals surface area contributed by atoms with Crippen LogP contribution in [0.2, 0.25) is 0 Å². The van der Waals surface area contributed by atoms with Crippen LogP contribution in [0.3, 0.4) is 0 Å². The Balaban J connectivity index is -0.000000152. The Hall–Kier alpha value is -2.79. The summed E-state index contributed by atoms with van der Waals surface area (Å²) < 4.78 is 0. The first-order chi connectivity index (χ1) is 12.1. The van der Waals surface area contributed by atoms with Crippen molar-refractivity contribution < 1.29 is 60.9 Å². The van der Waals surface area contributed by atoms with Crippen molar-refractivity contribution in [2.45, 2.75) is 37.4 Å². The number of carboxylic acid groups (broad SMARTS) is 3. The number of carbonyl (C=O) groups excluding carboxylic acids is 3. The van der Waals surface area contributed by atoms with E-state index in [0.717, 1.165) is 0 Å². The van der Waals surface area contributed by atoms with E-state index in [0.29, 0.717) is 0 Å². The molecule has 0 spiro atoms. The van der Waals surface area contributed by atoms with Crippen LogP contribution in [0.4, 0.5) is 0 Å². The molecule has 3 unspecified atom stereocenters. The molecule has 3 amide bonds. The van der Waals surface area contributed by atoms with E-state index in [2.05, 4.69) is 17.2 Å². The summed E-state index contributed by atoms with van der Waals surface area (Å²) >= 11 is 0. The average molecular weight is 455 g/mol. The third kappa shape index (κ3) is 25.4. The maximum Gasteiger partial charge on any atom is 3.00 e. The molecule has 0 saturated heterocycles. The molecule has 0 heterocycles. The molecule has 16 heteroatoms. The van der Waals surface area contributed by atoms with Crippen LogP contribution in [0.1, 0.15) is 19.3 Å². The molecular weight excluding hydrogens is 431 g/mol. The van der Waals surface area contributed by atoms with Crippen LogP contribution in [0, 0.1) is 0 Å². The normalized spacial score (nSPS) is 12.1. The van der Waals surface area contributed by atoms with E-state index < -0.39 is 53.8 Å². The van der Waals surface area contributed by atoms with E-state index in [1.807, 2.05) is 0 Å². The number of carbonyl (C=O) groups is 6. The van der Waals surface area contributed by atoms with Gasteiger partial charge in [-0.2, -0.15) is 0 Å². The molecule has 3 atom stereocenters. The molecule has 0 aliphatic heterocycles. The molecule has 0 aromatic carbocycles. The van der Waals surface area contributed by atoms with Crippen LogP contribution < -0.4 is 34.4 Å². The van der Waals surface area contributed by atoms with Gasteiger partial charge in [-0.25, -0.2) is 0 Å². The van der Waals surface area contributed by atoms with E-state index in [1.165, 1.54) is 0 Å². The van der Waals surface area contributed by atoms with E-state index in [-0.39, 0.29) is 36.0 Å². The second-order valence-electron chi connectivity index (χ2n) is 4.85. The van der Waals surface area contributed by atoms with Crippen molar-refractivity contribution in [3.63, 3.8) is 0 Å². The summed E-state index contributed by atoms with van der Waals surface area (Å²) in [4.78, 5) is 59.7. The van der Waals surface area contributed by atoms with Gasteiger partial charge in [0, 0.05) is 0 Å². The van der Waals surface area contributed by atoms with Gasteiger partial charge in [0.2, 0.25) is 17.7 Å². The van der Waals surface area contributed by atoms with Crippen LogP contribution in [-0.4, -0.2) is 69.1 Å². The van der Waals surface area contributed by atoms with Crippen LogP contribution in [-0.2, 0) is 45.5 Å².